The zero-order chi connectivity index (χ0) is 13.2. The van der Waals surface area contributed by atoms with E-state index in [1.165, 1.54) is 0 Å². The van der Waals surface area contributed by atoms with Crippen molar-refractivity contribution in [1.29, 1.82) is 0 Å². The maximum absolute atomic E-state index is 10.0. The number of rotatable bonds is 2. The molecule has 0 spiro atoms. The topological polar surface area (TPSA) is 32.7 Å². The summed E-state index contributed by atoms with van der Waals surface area (Å²) in [6.45, 7) is 4.20. The van der Waals surface area contributed by atoms with Gasteiger partial charge in [0.05, 0.1) is 12.2 Å². The highest BCUT2D eigenvalue weighted by atomic mass is 16.5. The minimum Gasteiger partial charge on any atom is -0.508 e. The van der Waals surface area contributed by atoms with Crippen molar-refractivity contribution < 1.29 is 9.84 Å². The van der Waals surface area contributed by atoms with Gasteiger partial charge in [0.1, 0.15) is 18.1 Å². The van der Waals surface area contributed by atoms with E-state index in [1.807, 2.05) is 43.3 Å². The third kappa shape index (κ3) is 2.36. The Morgan fingerprint density at radius 3 is 2.89 bits per heavy atom. The monoisotopic (exact) mass is 255 g/mol. The molecular formula is C16H17NO2. The number of aryl methyl sites for hydroxylation is 1. The van der Waals surface area contributed by atoms with Crippen molar-refractivity contribution in [2.75, 3.05) is 18.1 Å². The maximum atomic E-state index is 10.0. The van der Waals surface area contributed by atoms with Crippen LogP contribution in [0.25, 0.3) is 0 Å². The van der Waals surface area contributed by atoms with Crippen LogP contribution in [0.5, 0.6) is 11.5 Å². The number of para-hydroxylation sites is 2. The molecule has 2 aromatic rings. The molecule has 0 atom stereocenters. The quantitative estimate of drug-likeness (QED) is 0.895. The fraction of sp³-hybridized carbons (Fsp3) is 0.250. The van der Waals surface area contributed by atoms with Crippen molar-refractivity contribution in [3.63, 3.8) is 0 Å². The number of fused-ring (bicyclic) bond motifs is 1. The summed E-state index contributed by atoms with van der Waals surface area (Å²) in [5.41, 5.74) is 3.11. The maximum Gasteiger partial charge on any atom is 0.142 e. The Kier molecular flexibility index (Phi) is 3.03. The Balaban J connectivity index is 1.88. The van der Waals surface area contributed by atoms with Crippen LogP contribution in [0.3, 0.4) is 0 Å². The number of aromatic hydroxyl groups is 1. The van der Waals surface area contributed by atoms with E-state index >= 15 is 0 Å². The molecule has 3 rings (SSSR count). The molecule has 0 saturated carbocycles. The van der Waals surface area contributed by atoms with E-state index in [-0.39, 0.29) is 0 Å². The van der Waals surface area contributed by atoms with Crippen molar-refractivity contribution in [3.8, 4) is 11.5 Å². The highest BCUT2D eigenvalue weighted by molar-refractivity contribution is 5.60. The van der Waals surface area contributed by atoms with Gasteiger partial charge in [0.25, 0.3) is 0 Å². The Labute approximate surface area is 113 Å². The molecule has 0 unspecified atom stereocenters. The molecular weight excluding hydrogens is 238 g/mol. The number of anilines is 1. The van der Waals surface area contributed by atoms with Gasteiger partial charge >= 0.3 is 0 Å². The summed E-state index contributed by atoms with van der Waals surface area (Å²) >= 11 is 0. The second-order valence-electron chi connectivity index (χ2n) is 4.87. The molecule has 1 N–H and O–H groups in total. The molecule has 0 aliphatic carbocycles. The van der Waals surface area contributed by atoms with Crippen LogP contribution in [0.1, 0.15) is 11.1 Å². The Bertz CT molecular complexity index is 595. The lowest BCUT2D eigenvalue weighted by Crippen LogP contribution is -2.32. The molecule has 0 bridgehead atoms. The van der Waals surface area contributed by atoms with Crippen LogP contribution in [0, 0.1) is 6.92 Å². The van der Waals surface area contributed by atoms with Crippen LogP contribution in [-0.2, 0) is 6.54 Å². The molecule has 0 amide bonds. The van der Waals surface area contributed by atoms with Crippen LogP contribution >= 0.6 is 0 Å². The van der Waals surface area contributed by atoms with Gasteiger partial charge in [0, 0.05) is 12.1 Å². The summed E-state index contributed by atoms with van der Waals surface area (Å²) in [5.74, 6) is 1.28. The van der Waals surface area contributed by atoms with Crippen LogP contribution in [0.2, 0.25) is 0 Å². The first-order chi connectivity index (χ1) is 9.24. The van der Waals surface area contributed by atoms with Crippen molar-refractivity contribution >= 4 is 5.69 Å². The smallest absolute Gasteiger partial charge is 0.142 e. The van der Waals surface area contributed by atoms with Gasteiger partial charge in [0.2, 0.25) is 0 Å². The van der Waals surface area contributed by atoms with Gasteiger partial charge in [-0.05, 0) is 30.7 Å². The Hall–Kier alpha value is -2.16. The highest BCUT2D eigenvalue weighted by Crippen LogP contribution is 2.33. The Morgan fingerprint density at radius 2 is 2.05 bits per heavy atom. The van der Waals surface area contributed by atoms with E-state index in [1.54, 1.807) is 0 Å². The number of hydrogen-bond acceptors (Lipinski definition) is 3. The molecule has 2 aromatic carbocycles. The molecule has 1 aliphatic rings. The molecule has 0 fully saturated rings. The number of nitrogens with zero attached hydrogens (tertiary/aromatic N) is 1. The van der Waals surface area contributed by atoms with Gasteiger partial charge in [-0.3, -0.25) is 0 Å². The third-order valence-electron chi connectivity index (χ3n) is 3.43. The van der Waals surface area contributed by atoms with Gasteiger partial charge < -0.3 is 14.7 Å². The van der Waals surface area contributed by atoms with E-state index in [4.69, 9.17) is 4.74 Å². The average Bonchev–Trinajstić information content (AvgIpc) is 2.42. The first-order valence-corrected chi connectivity index (χ1v) is 6.49. The average molecular weight is 255 g/mol. The minimum atomic E-state index is 0.365. The number of ether oxygens (including phenoxy) is 1. The third-order valence-corrected chi connectivity index (χ3v) is 3.43. The zero-order valence-corrected chi connectivity index (χ0v) is 11.0. The van der Waals surface area contributed by atoms with Gasteiger partial charge in [-0.25, -0.2) is 0 Å². The van der Waals surface area contributed by atoms with E-state index < -0.39 is 0 Å². The lowest BCUT2D eigenvalue weighted by atomic mass is 10.1. The van der Waals surface area contributed by atoms with Crippen LogP contribution in [-0.4, -0.2) is 18.3 Å². The molecule has 3 heteroatoms. The summed E-state index contributed by atoms with van der Waals surface area (Å²) < 4.78 is 5.64. The van der Waals surface area contributed by atoms with Gasteiger partial charge in [-0.15, -0.1) is 0 Å². The van der Waals surface area contributed by atoms with E-state index in [9.17, 15) is 5.11 Å². The normalized spacial score (nSPS) is 13.8. The lowest BCUT2D eigenvalue weighted by Gasteiger charge is -2.31. The molecule has 3 nitrogen and oxygen atoms in total. The van der Waals surface area contributed by atoms with E-state index in [2.05, 4.69) is 11.0 Å². The second kappa shape index (κ2) is 4.84. The largest absolute Gasteiger partial charge is 0.508 e. The molecule has 0 aromatic heterocycles. The predicted octanol–water partition coefficient (Wildman–Crippen LogP) is 3.10. The predicted molar refractivity (Wildman–Crippen MR) is 75.8 cm³/mol. The molecule has 1 heterocycles. The van der Waals surface area contributed by atoms with Crippen molar-refractivity contribution in [1.82, 2.24) is 0 Å². The molecule has 98 valence electrons. The Morgan fingerprint density at radius 1 is 1.21 bits per heavy atom. The number of phenols is 1. The van der Waals surface area contributed by atoms with E-state index in [0.29, 0.717) is 18.9 Å². The summed E-state index contributed by atoms with van der Waals surface area (Å²) in [6, 6.07) is 13.9. The van der Waals surface area contributed by atoms with Crippen LogP contribution < -0.4 is 9.64 Å². The first-order valence-electron chi connectivity index (χ1n) is 6.49. The molecule has 19 heavy (non-hydrogen) atoms. The fourth-order valence-corrected chi connectivity index (χ4v) is 2.40. The second-order valence-corrected chi connectivity index (χ2v) is 4.87. The lowest BCUT2D eigenvalue weighted by molar-refractivity contribution is 0.306. The SMILES string of the molecule is Cc1ccc(CN2CCOc3ccccc32)c(O)c1. The standard InChI is InChI=1S/C16H17NO2/c1-12-6-7-13(15(18)10-12)11-17-8-9-19-16-5-3-2-4-14(16)17/h2-7,10,18H,8-9,11H2,1H3. The van der Waals surface area contributed by atoms with E-state index in [0.717, 1.165) is 29.1 Å². The van der Waals surface area contributed by atoms with Crippen LogP contribution in [0.15, 0.2) is 42.5 Å². The first kappa shape index (κ1) is 11.9. The highest BCUT2D eigenvalue weighted by Gasteiger charge is 2.18. The van der Waals surface area contributed by atoms with Crippen molar-refractivity contribution in [3.05, 3.63) is 53.6 Å². The fourth-order valence-electron chi connectivity index (χ4n) is 2.40. The summed E-state index contributed by atoms with van der Waals surface area (Å²) in [5, 5.41) is 10.0. The van der Waals surface area contributed by atoms with Gasteiger partial charge in [0.15, 0.2) is 0 Å². The zero-order valence-electron chi connectivity index (χ0n) is 11.0. The summed E-state index contributed by atoms with van der Waals surface area (Å²) in [4.78, 5) is 2.24. The molecule has 0 radical (unpaired) electrons. The van der Waals surface area contributed by atoms with Crippen molar-refractivity contribution in [2.45, 2.75) is 13.5 Å². The summed E-state index contributed by atoms with van der Waals surface area (Å²) in [7, 11) is 0. The molecule has 1 aliphatic heterocycles. The number of benzene rings is 2. The minimum absolute atomic E-state index is 0.365. The summed E-state index contributed by atoms with van der Waals surface area (Å²) in [6.07, 6.45) is 0. The van der Waals surface area contributed by atoms with Crippen LogP contribution in [0.4, 0.5) is 5.69 Å². The number of phenolic OH excluding ortho intramolecular Hbond substituents is 1. The van der Waals surface area contributed by atoms with Gasteiger partial charge in [-0.2, -0.15) is 0 Å². The number of hydrogen-bond donors (Lipinski definition) is 1. The van der Waals surface area contributed by atoms with Gasteiger partial charge in [-0.1, -0.05) is 24.3 Å². The molecule has 0 saturated heterocycles. The van der Waals surface area contributed by atoms with Crippen molar-refractivity contribution in [2.24, 2.45) is 0 Å².